The largest absolute Gasteiger partial charge is 0.501 e. The fraction of sp³-hybridized carbons (Fsp3) is 0.381. The number of ketones is 1. The first-order chi connectivity index (χ1) is 13.5. The minimum absolute atomic E-state index is 0.204. The molecule has 28 heavy (non-hydrogen) atoms. The lowest BCUT2D eigenvalue weighted by molar-refractivity contribution is -0.138. The Labute approximate surface area is 163 Å². The molecule has 1 heterocycles. The van der Waals surface area contributed by atoms with Gasteiger partial charge >= 0.3 is 5.97 Å². The van der Waals surface area contributed by atoms with Gasteiger partial charge < -0.3 is 19.5 Å². The van der Waals surface area contributed by atoms with Crippen LogP contribution in [0.1, 0.15) is 25.8 Å². The summed E-state index contributed by atoms with van der Waals surface area (Å²) in [6.07, 6.45) is 2.81. The quantitative estimate of drug-likeness (QED) is 0.350. The zero-order valence-electron chi connectivity index (χ0n) is 16.1. The summed E-state index contributed by atoms with van der Waals surface area (Å²) in [6.45, 7) is 3.94. The van der Waals surface area contributed by atoms with Crippen LogP contribution in [-0.2, 0) is 34.0 Å². The van der Waals surface area contributed by atoms with Crippen LogP contribution in [0.5, 0.6) is 0 Å². The molecule has 0 radical (unpaired) electrons. The highest BCUT2D eigenvalue weighted by Crippen LogP contribution is 2.51. The number of ether oxygens (including phenoxy) is 3. The third kappa shape index (κ3) is 3.06. The Morgan fingerprint density at radius 1 is 1.21 bits per heavy atom. The van der Waals surface area contributed by atoms with Crippen molar-refractivity contribution in [2.45, 2.75) is 25.7 Å². The molecular formula is C21H23NO6. The van der Waals surface area contributed by atoms with Crippen LogP contribution in [0, 0.1) is 5.92 Å². The molecule has 1 aromatic rings. The van der Waals surface area contributed by atoms with Crippen molar-refractivity contribution in [2.24, 2.45) is 5.92 Å². The smallest absolute Gasteiger partial charge is 0.334 e. The highest BCUT2D eigenvalue weighted by Gasteiger charge is 2.60. The number of hydrogen-bond donors (Lipinski definition) is 1. The molecule has 1 aromatic carbocycles. The van der Waals surface area contributed by atoms with Crippen LogP contribution in [-0.4, -0.2) is 38.0 Å². The first-order valence-electron chi connectivity index (χ1n) is 9.20. The molecule has 1 amide bonds. The number of allylic oxidation sites excluding steroid dienone is 3. The third-order valence-corrected chi connectivity index (χ3v) is 5.03. The van der Waals surface area contributed by atoms with E-state index in [4.69, 9.17) is 14.2 Å². The van der Waals surface area contributed by atoms with Gasteiger partial charge in [0.1, 0.15) is 11.2 Å². The molecule has 0 unspecified atom stereocenters. The Balaban J connectivity index is 2.21. The van der Waals surface area contributed by atoms with Gasteiger partial charge in [0.2, 0.25) is 5.91 Å². The highest BCUT2D eigenvalue weighted by atomic mass is 16.5. The van der Waals surface area contributed by atoms with E-state index in [1.165, 1.54) is 19.3 Å². The minimum Gasteiger partial charge on any atom is -0.501 e. The number of esters is 1. The van der Waals surface area contributed by atoms with Crippen LogP contribution in [0.4, 0.5) is 5.69 Å². The van der Waals surface area contributed by atoms with Gasteiger partial charge in [-0.15, -0.1) is 0 Å². The molecule has 0 saturated carbocycles. The molecule has 7 nitrogen and oxygen atoms in total. The van der Waals surface area contributed by atoms with Gasteiger partial charge in [0.05, 0.1) is 32.2 Å². The zero-order chi connectivity index (χ0) is 20.3. The van der Waals surface area contributed by atoms with Crippen molar-refractivity contribution < 1.29 is 28.6 Å². The summed E-state index contributed by atoms with van der Waals surface area (Å²) in [4.78, 5) is 38.5. The molecule has 7 heteroatoms. The van der Waals surface area contributed by atoms with Gasteiger partial charge in [-0.1, -0.05) is 18.2 Å². The van der Waals surface area contributed by atoms with Crippen molar-refractivity contribution >= 4 is 23.3 Å². The number of para-hydroxylation sites is 1. The third-order valence-electron chi connectivity index (χ3n) is 5.03. The molecule has 3 rings (SSSR count). The van der Waals surface area contributed by atoms with E-state index in [-0.39, 0.29) is 25.4 Å². The van der Waals surface area contributed by atoms with Crippen LogP contribution < -0.4 is 5.32 Å². The lowest BCUT2D eigenvalue weighted by Crippen LogP contribution is -2.51. The standard InChI is InChI=1S/C21H23NO6/c1-4-27-17(12-19(24)28-5-2)15-10-13(26-3)11-18(23)21(15)14-8-6-7-9-16(14)22-20(21)25/h6-9,11-12,15H,4-5,10H2,1-3H3,(H,22,25)/b17-12+/t15-,21+/m1/s1. The van der Waals surface area contributed by atoms with E-state index in [0.29, 0.717) is 17.0 Å². The van der Waals surface area contributed by atoms with Crippen LogP contribution in [0.3, 0.4) is 0 Å². The van der Waals surface area contributed by atoms with Gasteiger partial charge in [-0.25, -0.2) is 4.79 Å². The van der Waals surface area contributed by atoms with Crippen molar-refractivity contribution in [1.29, 1.82) is 0 Å². The summed E-state index contributed by atoms with van der Waals surface area (Å²) < 4.78 is 16.1. The number of methoxy groups -OCH3 is 1. The molecule has 1 spiro atoms. The molecule has 0 saturated heterocycles. The number of rotatable bonds is 6. The number of benzene rings is 1. The lowest BCUT2D eigenvalue weighted by Gasteiger charge is -2.38. The van der Waals surface area contributed by atoms with Gasteiger partial charge in [0.25, 0.3) is 0 Å². The minimum atomic E-state index is -1.52. The average Bonchev–Trinajstić information content (AvgIpc) is 2.97. The molecule has 1 aliphatic carbocycles. The van der Waals surface area contributed by atoms with E-state index in [2.05, 4.69) is 5.32 Å². The van der Waals surface area contributed by atoms with Crippen molar-refractivity contribution in [1.82, 2.24) is 0 Å². The van der Waals surface area contributed by atoms with Gasteiger partial charge in [-0.3, -0.25) is 9.59 Å². The summed E-state index contributed by atoms with van der Waals surface area (Å²) in [6, 6.07) is 7.06. The normalized spacial score (nSPS) is 23.8. The van der Waals surface area contributed by atoms with Crippen molar-refractivity contribution in [2.75, 3.05) is 25.6 Å². The van der Waals surface area contributed by atoms with E-state index < -0.39 is 29.0 Å². The van der Waals surface area contributed by atoms with Gasteiger partial charge in [0, 0.05) is 24.1 Å². The molecule has 2 atom stereocenters. The number of anilines is 1. The van der Waals surface area contributed by atoms with Crippen LogP contribution in [0.25, 0.3) is 0 Å². The van der Waals surface area contributed by atoms with Gasteiger partial charge in [0.15, 0.2) is 5.78 Å². The predicted octanol–water partition coefficient (Wildman–Crippen LogP) is 2.48. The number of amides is 1. The van der Waals surface area contributed by atoms with E-state index in [0.717, 1.165) is 0 Å². The molecule has 0 aromatic heterocycles. The second-order valence-corrected chi connectivity index (χ2v) is 6.48. The number of nitrogens with one attached hydrogen (secondary N) is 1. The fourth-order valence-corrected chi connectivity index (χ4v) is 3.88. The van der Waals surface area contributed by atoms with Crippen molar-refractivity contribution in [3.8, 4) is 0 Å². The first-order valence-corrected chi connectivity index (χ1v) is 9.20. The van der Waals surface area contributed by atoms with Crippen LogP contribution in [0.2, 0.25) is 0 Å². The molecular weight excluding hydrogens is 362 g/mol. The highest BCUT2D eigenvalue weighted by molar-refractivity contribution is 6.25. The molecule has 0 fully saturated rings. The Kier molecular flexibility index (Phi) is 5.53. The monoisotopic (exact) mass is 385 g/mol. The molecule has 2 aliphatic rings. The summed E-state index contributed by atoms with van der Waals surface area (Å²) in [5.74, 6) is -1.53. The summed E-state index contributed by atoms with van der Waals surface area (Å²) in [7, 11) is 1.46. The first kappa shape index (κ1) is 19.7. The number of hydrogen-bond acceptors (Lipinski definition) is 6. The van der Waals surface area contributed by atoms with E-state index in [1.807, 2.05) is 0 Å². The predicted molar refractivity (Wildman–Crippen MR) is 101 cm³/mol. The van der Waals surface area contributed by atoms with Crippen molar-refractivity contribution in [3.05, 3.63) is 53.5 Å². The Morgan fingerprint density at radius 3 is 2.61 bits per heavy atom. The average molecular weight is 385 g/mol. The Bertz CT molecular complexity index is 871. The molecule has 1 aliphatic heterocycles. The van der Waals surface area contributed by atoms with E-state index >= 15 is 0 Å². The van der Waals surface area contributed by atoms with Gasteiger partial charge in [-0.2, -0.15) is 0 Å². The van der Waals surface area contributed by atoms with Crippen LogP contribution in [0.15, 0.2) is 47.9 Å². The molecule has 148 valence electrons. The summed E-state index contributed by atoms with van der Waals surface area (Å²) >= 11 is 0. The fourth-order valence-electron chi connectivity index (χ4n) is 3.88. The summed E-state index contributed by atoms with van der Waals surface area (Å²) in [5.41, 5.74) is -0.380. The van der Waals surface area contributed by atoms with Crippen molar-refractivity contribution in [3.63, 3.8) is 0 Å². The van der Waals surface area contributed by atoms with Crippen LogP contribution >= 0.6 is 0 Å². The SMILES string of the molecule is CCOC(=O)/C=C(/OCC)[C@H]1CC(OC)=CC(=O)[C@@]12C(=O)Nc1ccccc12. The maximum atomic E-state index is 13.3. The number of fused-ring (bicyclic) bond motifs is 2. The maximum Gasteiger partial charge on any atom is 0.334 e. The zero-order valence-corrected chi connectivity index (χ0v) is 16.1. The lowest BCUT2D eigenvalue weighted by atomic mass is 9.63. The second-order valence-electron chi connectivity index (χ2n) is 6.48. The molecule has 1 N–H and O–H groups in total. The molecule has 0 bridgehead atoms. The Hall–Kier alpha value is -3.09. The van der Waals surface area contributed by atoms with E-state index in [1.54, 1.807) is 38.1 Å². The summed E-state index contributed by atoms with van der Waals surface area (Å²) in [5, 5.41) is 2.80. The number of carbonyl (C=O) groups excluding carboxylic acids is 3. The number of carbonyl (C=O) groups is 3. The topological polar surface area (TPSA) is 90.9 Å². The van der Waals surface area contributed by atoms with E-state index in [9.17, 15) is 14.4 Å². The second kappa shape index (κ2) is 7.88. The maximum absolute atomic E-state index is 13.3. The Morgan fingerprint density at radius 2 is 1.93 bits per heavy atom. The van der Waals surface area contributed by atoms with Gasteiger partial charge in [-0.05, 0) is 25.5 Å².